The number of amides is 2. The van der Waals surface area contributed by atoms with Crippen LogP contribution < -0.4 is 4.74 Å². The van der Waals surface area contributed by atoms with Crippen molar-refractivity contribution in [3.05, 3.63) is 65.7 Å². The van der Waals surface area contributed by atoms with E-state index in [0.29, 0.717) is 43.1 Å². The summed E-state index contributed by atoms with van der Waals surface area (Å²) in [6.45, 7) is 1.93. The molecule has 0 saturated carbocycles. The number of rotatable bonds is 5. The summed E-state index contributed by atoms with van der Waals surface area (Å²) >= 11 is 0. The lowest BCUT2D eigenvalue weighted by molar-refractivity contribution is -0.134. The Kier molecular flexibility index (Phi) is 5.63. The van der Waals surface area contributed by atoms with Gasteiger partial charge in [0.25, 0.3) is 11.8 Å². The third-order valence-corrected chi connectivity index (χ3v) is 4.32. The Balaban J connectivity index is 1.47. The van der Waals surface area contributed by atoms with Crippen molar-refractivity contribution in [2.24, 2.45) is 0 Å². The zero-order valence-electron chi connectivity index (χ0n) is 14.3. The molecule has 2 aromatic rings. The monoisotopic (exact) mass is 352 g/mol. The molecule has 2 aromatic carbocycles. The molecule has 0 N–H and O–H groups in total. The highest BCUT2D eigenvalue weighted by molar-refractivity contribution is 5.94. The highest BCUT2D eigenvalue weighted by Crippen LogP contribution is 2.12. The van der Waals surface area contributed by atoms with E-state index in [1.807, 2.05) is 18.2 Å². The van der Waals surface area contributed by atoms with Crippen LogP contribution in [-0.4, -0.2) is 60.7 Å². The van der Waals surface area contributed by atoms with Crippen LogP contribution in [0.5, 0.6) is 5.75 Å². The molecule has 1 fully saturated rings. The Labute approximate surface area is 152 Å². The fourth-order valence-corrected chi connectivity index (χ4v) is 2.80. The van der Waals surface area contributed by atoms with Crippen molar-refractivity contribution in [3.8, 4) is 5.75 Å². The van der Waals surface area contributed by atoms with Crippen molar-refractivity contribution in [1.82, 2.24) is 9.80 Å². The Morgan fingerprint density at radius 2 is 1.50 bits per heavy atom. The third kappa shape index (κ3) is 4.27. The van der Waals surface area contributed by atoms with Crippen LogP contribution >= 0.6 is 0 Å². The Hall–Kier alpha value is -3.15. The van der Waals surface area contributed by atoms with E-state index in [2.05, 4.69) is 0 Å². The first-order valence-electron chi connectivity index (χ1n) is 8.47. The van der Waals surface area contributed by atoms with Gasteiger partial charge >= 0.3 is 0 Å². The second kappa shape index (κ2) is 8.29. The third-order valence-electron chi connectivity index (χ3n) is 4.32. The second-order valence-corrected chi connectivity index (χ2v) is 6.01. The quantitative estimate of drug-likeness (QED) is 0.771. The minimum atomic E-state index is -0.115. The summed E-state index contributed by atoms with van der Waals surface area (Å²) in [5.41, 5.74) is 1.22. The Morgan fingerprint density at radius 1 is 0.885 bits per heavy atom. The predicted octanol–water partition coefficient (Wildman–Crippen LogP) is 1.86. The SMILES string of the molecule is O=Cc1ccc(OCC(=O)N2CCN(C(=O)c3ccccc3)CC2)cc1. The average molecular weight is 352 g/mol. The Morgan fingerprint density at radius 3 is 2.12 bits per heavy atom. The van der Waals surface area contributed by atoms with Gasteiger partial charge < -0.3 is 14.5 Å². The summed E-state index contributed by atoms with van der Waals surface area (Å²) in [7, 11) is 0. The second-order valence-electron chi connectivity index (χ2n) is 6.01. The maximum Gasteiger partial charge on any atom is 0.260 e. The molecule has 3 rings (SSSR count). The number of piperazine rings is 1. The van der Waals surface area contributed by atoms with Gasteiger partial charge in [-0.25, -0.2) is 0 Å². The van der Waals surface area contributed by atoms with Crippen LogP contribution in [-0.2, 0) is 4.79 Å². The van der Waals surface area contributed by atoms with Gasteiger partial charge in [0.05, 0.1) is 0 Å². The molecule has 134 valence electrons. The first kappa shape index (κ1) is 17.7. The number of nitrogens with zero attached hydrogens (tertiary/aromatic N) is 2. The number of carbonyl (C=O) groups is 3. The van der Waals surface area contributed by atoms with Gasteiger partial charge in [-0.1, -0.05) is 18.2 Å². The molecule has 0 aromatic heterocycles. The standard InChI is InChI=1S/C20H20N2O4/c23-14-16-6-8-18(9-7-16)26-15-19(24)21-10-12-22(13-11-21)20(25)17-4-2-1-3-5-17/h1-9,14H,10-13,15H2. The molecule has 0 spiro atoms. The largest absolute Gasteiger partial charge is 0.484 e. The molecule has 1 saturated heterocycles. The fourth-order valence-electron chi connectivity index (χ4n) is 2.80. The highest BCUT2D eigenvalue weighted by atomic mass is 16.5. The zero-order chi connectivity index (χ0) is 18.4. The zero-order valence-corrected chi connectivity index (χ0v) is 14.3. The highest BCUT2D eigenvalue weighted by Gasteiger charge is 2.24. The number of carbonyl (C=O) groups excluding carboxylic acids is 3. The van der Waals surface area contributed by atoms with E-state index in [1.165, 1.54) is 0 Å². The lowest BCUT2D eigenvalue weighted by Gasteiger charge is -2.34. The molecule has 6 nitrogen and oxygen atoms in total. The molecular weight excluding hydrogens is 332 g/mol. The van der Waals surface area contributed by atoms with Gasteiger partial charge in [-0.3, -0.25) is 14.4 Å². The van der Waals surface area contributed by atoms with Crippen molar-refractivity contribution in [2.45, 2.75) is 0 Å². The molecule has 26 heavy (non-hydrogen) atoms. The van der Waals surface area contributed by atoms with Gasteiger partial charge in [-0.2, -0.15) is 0 Å². The maximum absolute atomic E-state index is 12.4. The van der Waals surface area contributed by atoms with Crippen LogP contribution in [0.25, 0.3) is 0 Å². The topological polar surface area (TPSA) is 66.9 Å². The number of hydrogen-bond acceptors (Lipinski definition) is 4. The van der Waals surface area contributed by atoms with E-state index in [-0.39, 0.29) is 18.4 Å². The minimum Gasteiger partial charge on any atom is -0.484 e. The lowest BCUT2D eigenvalue weighted by atomic mass is 10.2. The Bertz CT molecular complexity index is 766. The molecular formula is C20H20N2O4. The molecule has 0 aliphatic carbocycles. The van der Waals surface area contributed by atoms with E-state index in [1.54, 1.807) is 46.2 Å². The predicted molar refractivity (Wildman–Crippen MR) is 96.3 cm³/mol. The number of aldehydes is 1. The maximum atomic E-state index is 12.4. The van der Waals surface area contributed by atoms with Crippen molar-refractivity contribution in [1.29, 1.82) is 0 Å². The fraction of sp³-hybridized carbons (Fsp3) is 0.250. The van der Waals surface area contributed by atoms with Crippen molar-refractivity contribution < 1.29 is 19.1 Å². The summed E-state index contributed by atoms with van der Waals surface area (Å²) in [5.74, 6) is 0.419. The molecule has 0 bridgehead atoms. The van der Waals surface area contributed by atoms with Gasteiger partial charge in [-0.15, -0.1) is 0 Å². The smallest absolute Gasteiger partial charge is 0.260 e. The molecule has 0 atom stereocenters. The normalized spacial score (nSPS) is 14.0. The van der Waals surface area contributed by atoms with Gasteiger partial charge in [0.15, 0.2) is 6.61 Å². The van der Waals surface area contributed by atoms with E-state index >= 15 is 0 Å². The van der Waals surface area contributed by atoms with Crippen LogP contribution in [0.4, 0.5) is 0 Å². The van der Waals surface area contributed by atoms with Crippen molar-refractivity contribution in [3.63, 3.8) is 0 Å². The van der Waals surface area contributed by atoms with Gasteiger partial charge in [0.1, 0.15) is 12.0 Å². The minimum absolute atomic E-state index is 0.00998. The van der Waals surface area contributed by atoms with Gasteiger partial charge in [0.2, 0.25) is 0 Å². The molecule has 2 amide bonds. The first-order chi connectivity index (χ1) is 12.7. The summed E-state index contributed by atoms with van der Waals surface area (Å²) < 4.78 is 5.48. The van der Waals surface area contributed by atoms with Crippen LogP contribution in [0.3, 0.4) is 0 Å². The number of ether oxygens (including phenoxy) is 1. The van der Waals surface area contributed by atoms with Crippen LogP contribution in [0.2, 0.25) is 0 Å². The number of hydrogen-bond donors (Lipinski definition) is 0. The summed E-state index contributed by atoms with van der Waals surface area (Å²) in [6, 6.07) is 15.7. The van der Waals surface area contributed by atoms with Crippen LogP contribution in [0, 0.1) is 0 Å². The summed E-state index contributed by atoms with van der Waals surface area (Å²) in [4.78, 5) is 38.8. The average Bonchev–Trinajstić information content (AvgIpc) is 2.72. The molecule has 0 radical (unpaired) electrons. The lowest BCUT2D eigenvalue weighted by Crippen LogP contribution is -2.51. The van der Waals surface area contributed by atoms with Crippen LogP contribution in [0.15, 0.2) is 54.6 Å². The summed E-state index contributed by atoms with van der Waals surface area (Å²) in [6.07, 6.45) is 0.755. The van der Waals surface area contributed by atoms with E-state index in [9.17, 15) is 14.4 Å². The van der Waals surface area contributed by atoms with E-state index in [4.69, 9.17) is 4.74 Å². The molecule has 1 aliphatic heterocycles. The van der Waals surface area contributed by atoms with Crippen LogP contribution in [0.1, 0.15) is 20.7 Å². The molecule has 0 unspecified atom stereocenters. The van der Waals surface area contributed by atoms with E-state index in [0.717, 1.165) is 6.29 Å². The first-order valence-corrected chi connectivity index (χ1v) is 8.47. The molecule has 6 heteroatoms. The van der Waals surface area contributed by atoms with Crippen molar-refractivity contribution >= 4 is 18.1 Å². The molecule has 1 heterocycles. The summed E-state index contributed by atoms with van der Waals surface area (Å²) in [5, 5.41) is 0. The van der Waals surface area contributed by atoms with Gasteiger partial charge in [0, 0.05) is 37.3 Å². The van der Waals surface area contributed by atoms with Gasteiger partial charge in [-0.05, 0) is 36.4 Å². The van der Waals surface area contributed by atoms with Crippen molar-refractivity contribution in [2.75, 3.05) is 32.8 Å². The molecule has 1 aliphatic rings. The van der Waals surface area contributed by atoms with E-state index < -0.39 is 0 Å². The number of benzene rings is 2.